The van der Waals surface area contributed by atoms with E-state index >= 15 is 0 Å². The van der Waals surface area contributed by atoms with Crippen molar-refractivity contribution in [2.45, 2.75) is 70.3 Å². The van der Waals surface area contributed by atoms with Gasteiger partial charge in [-0.25, -0.2) is 9.78 Å². The van der Waals surface area contributed by atoms with E-state index in [1.165, 1.54) is 24.3 Å². The van der Waals surface area contributed by atoms with Crippen LogP contribution in [0.1, 0.15) is 57.3 Å². The van der Waals surface area contributed by atoms with Crippen LogP contribution in [0.25, 0.3) is 22.5 Å². The third-order valence-electron chi connectivity index (χ3n) is 9.31. The molecule has 0 spiro atoms. The van der Waals surface area contributed by atoms with Gasteiger partial charge in [-0.1, -0.05) is 42.5 Å². The zero-order valence-electron chi connectivity index (χ0n) is 28.8. The van der Waals surface area contributed by atoms with Gasteiger partial charge in [0.25, 0.3) is 0 Å². The number of para-hydroxylation sites is 1. The number of halogens is 4. The van der Waals surface area contributed by atoms with Crippen molar-refractivity contribution < 1.29 is 41.8 Å². The number of Topliss-reactive ketones (excluding diaryl/α,β-unsaturated/α-hetero) is 1. The number of carbonyl (C=O) groups is 3. The zero-order chi connectivity index (χ0) is 37.6. The van der Waals surface area contributed by atoms with Crippen LogP contribution in [0.5, 0.6) is 5.75 Å². The van der Waals surface area contributed by atoms with Gasteiger partial charge in [0.05, 0.1) is 6.10 Å². The summed E-state index contributed by atoms with van der Waals surface area (Å²) < 4.78 is 61.7. The fourth-order valence-electron chi connectivity index (χ4n) is 6.32. The van der Waals surface area contributed by atoms with Crippen molar-refractivity contribution in [3.63, 3.8) is 0 Å². The summed E-state index contributed by atoms with van der Waals surface area (Å²) in [7, 11) is 0. The van der Waals surface area contributed by atoms with Gasteiger partial charge in [-0.3, -0.25) is 14.7 Å². The molecule has 276 valence electrons. The van der Waals surface area contributed by atoms with E-state index in [2.05, 4.69) is 15.4 Å². The Balaban J connectivity index is 1.32. The number of carboxylic acid groups (broad SMARTS) is 1. The SMILES string of the molecule is CC(C)Oc1ccccc1-c1ccc(C[C@H](CC(=O)C2CCC(CN)CC2)C(=O)Nc2ccc(-c3n[nH]c(C(F)(F)C(F)(F)C(=O)O)n3)cc2)cc1. The first-order valence-electron chi connectivity index (χ1n) is 17.1. The number of hydrogen-bond acceptors (Lipinski definition) is 7. The number of aromatic amines is 1. The third kappa shape index (κ3) is 8.67. The molecule has 0 unspecified atom stereocenters. The number of nitrogens with two attached hydrogens (primary N) is 1. The lowest BCUT2D eigenvalue weighted by Crippen LogP contribution is -2.45. The lowest BCUT2D eigenvalue weighted by atomic mass is 9.77. The molecule has 1 aliphatic carbocycles. The minimum absolute atomic E-state index is 0.00653. The number of carbonyl (C=O) groups excluding carboxylic acids is 2. The van der Waals surface area contributed by atoms with Crippen LogP contribution < -0.4 is 15.8 Å². The Labute approximate surface area is 298 Å². The highest BCUT2D eigenvalue weighted by Crippen LogP contribution is 2.42. The van der Waals surface area contributed by atoms with Gasteiger partial charge in [0, 0.05) is 35.1 Å². The van der Waals surface area contributed by atoms with E-state index in [0.29, 0.717) is 18.2 Å². The van der Waals surface area contributed by atoms with Gasteiger partial charge in [0.1, 0.15) is 11.5 Å². The highest BCUT2D eigenvalue weighted by Gasteiger charge is 2.65. The Morgan fingerprint density at radius 3 is 2.19 bits per heavy atom. The topological polar surface area (TPSA) is 160 Å². The first-order valence-corrected chi connectivity index (χ1v) is 17.1. The van der Waals surface area contributed by atoms with Crippen LogP contribution in [0.2, 0.25) is 0 Å². The van der Waals surface area contributed by atoms with Gasteiger partial charge in [0.15, 0.2) is 5.82 Å². The summed E-state index contributed by atoms with van der Waals surface area (Å²) in [4.78, 5) is 41.4. The Morgan fingerprint density at radius 1 is 0.942 bits per heavy atom. The van der Waals surface area contributed by atoms with E-state index in [0.717, 1.165) is 48.1 Å². The predicted octanol–water partition coefficient (Wildman–Crippen LogP) is 7.26. The Kier molecular flexibility index (Phi) is 11.8. The second-order valence-corrected chi connectivity index (χ2v) is 13.4. The quantitative estimate of drug-likeness (QED) is 0.0933. The maximum Gasteiger partial charge on any atom is 0.411 e. The molecule has 1 atom stereocenters. The molecule has 1 aliphatic rings. The van der Waals surface area contributed by atoms with Crippen LogP contribution >= 0.6 is 0 Å². The number of hydrogen-bond donors (Lipinski definition) is 4. The minimum atomic E-state index is -5.42. The minimum Gasteiger partial charge on any atom is -0.490 e. The largest absolute Gasteiger partial charge is 0.490 e. The fourth-order valence-corrected chi connectivity index (χ4v) is 6.32. The molecule has 10 nitrogen and oxygen atoms in total. The van der Waals surface area contributed by atoms with Crippen LogP contribution in [0, 0.1) is 17.8 Å². The van der Waals surface area contributed by atoms with Gasteiger partial charge >= 0.3 is 17.8 Å². The smallest absolute Gasteiger partial charge is 0.411 e. The van der Waals surface area contributed by atoms with Gasteiger partial charge in [-0.2, -0.15) is 22.7 Å². The van der Waals surface area contributed by atoms with Crippen LogP contribution in [-0.2, 0) is 26.7 Å². The second kappa shape index (κ2) is 16.1. The number of alkyl halides is 4. The lowest BCUT2D eigenvalue weighted by molar-refractivity contribution is -0.231. The number of aliphatic carboxylic acids is 1. The number of rotatable bonds is 15. The first-order chi connectivity index (χ1) is 24.7. The van der Waals surface area contributed by atoms with Crippen molar-refractivity contribution in [1.82, 2.24) is 15.2 Å². The number of anilines is 1. The van der Waals surface area contributed by atoms with Crippen LogP contribution in [0.15, 0.2) is 72.8 Å². The van der Waals surface area contributed by atoms with E-state index in [1.807, 2.05) is 62.4 Å². The third-order valence-corrected chi connectivity index (χ3v) is 9.31. The normalized spacial score (nSPS) is 17.1. The number of ketones is 1. The summed E-state index contributed by atoms with van der Waals surface area (Å²) in [5, 5.41) is 16.6. The molecular weight excluding hydrogens is 682 g/mol. The molecule has 4 aromatic rings. The number of amides is 1. The van der Waals surface area contributed by atoms with E-state index in [4.69, 9.17) is 15.6 Å². The number of carboxylic acids is 1. The zero-order valence-corrected chi connectivity index (χ0v) is 28.8. The maximum absolute atomic E-state index is 14.2. The number of aromatic nitrogens is 3. The van der Waals surface area contributed by atoms with Gasteiger partial charge in [-0.15, -0.1) is 0 Å². The highest BCUT2D eigenvalue weighted by atomic mass is 19.3. The molecule has 1 aromatic heterocycles. The van der Waals surface area contributed by atoms with Crippen molar-refractivity contribution >= 4 is 23.3 Å². The fraction of sp³-hybridized carbons (Fsp3) is 0.395. The van der Waals surface area contributed by atoms with E-state index < -0.39 is 35.5 Å². The molecule has 5 N–H and O–H groups in total. The number of nitrogens with zero attached hydrogens (tertiary/aromatic N) is 2. The Bertz CT molecular complexity index is 1860. The molecule has 0 aliphatic heterocycles. The molecule has 0 radical (unpaired) electrons. The molecule has 0 saturated heterocycles. The average Bonchev–Trinajstić information content (AvgIpc) is 3.63. The summed E-state index contributed by atoms with van der Waals surface area (Å²) in [6.45, 7) is 4.50. The molecule has 1 fully saturated rings. The number of H-pyrrole nitrogens is 1. The number of ether oxygens (including phenoxy) is 1. The first kappa shape index (κ1) is 38.1. The summed E-state index contributed by atoms with van der Waals surface area (Å²) in [6.07, 6.45) is 3.50. The van der Waals surface area contributed by atoms with Gasteiger partial charge in [0.2, 0.25) is 11.7 Å². The Hall–Kier alpha value is -5.11. The number of nitrogens with one attached hydrogen (secondary N) is 2. The van der Waals surface area contributed by atoms with Crippen LogP contribution in [0.4, 0.5) is 23.2 Å². The summed E-state index contributed by atoms with van der Waals surface area (Å²) in [5.74, 6) is -15.7. The Morgan fingerprint density at radius 2 is 1.58 bits per heavy atom. The molecule has 1 saturated carbocycles. The number of benzene rings is 3. The van der Waals surface area contributed by atoms with Crippen molar-refractivity contribution in [2.24, 2.45) is 23.5 Å². The standard InChI is InChI=1S/C38H41F4N5O5/c1-22(2)52-32-6-4-3-5-30(32)25-11-7-23(8-12-25)19-28(20-31(48)26-13-9-24(21-43)10-14-26)34(49)44-29-17-15-27(16-18-29)33-45-35(47-46-33)37(39,40)38(41,42)36(50)51/h3-8,11-12,15-18,22,24,26,28H,9-10,13-14,19-21,43H2,1-2H3,(H,44,49)(H,50,51)(H,45,46,47)/t24?,26?,28-/m1/s1. The van der Waals surface area contributed by atoms with E-state index in [9.17, 15) is 31.9 Å². The predicted molar refractivity (Wildman–Crippen MR) is 186 cm³/mol. The maximum atomic E-state index is 14.2. The molecule has 1 amide bonds. The van der Waals surface area contributed by atoms with E-state index in [-0.39, 0.29) is 42.0 Å². The van der Waals surface area contributed by atoms with Crippen LogP contribution in [0.3, 0.4) is 0 Å². The van der Waals surface area contributed by atoms with Crippen molar-refractivity contribution in [2.75, 3.05) is 11.9 Å². The van der Waals surface area contributed by atoms with Gasteiger partial charge in [-0.05, 0) is 99.9 Å². The molecule has 1 heterocycles. The lowest BCUT2D eigenvalue weighted by Gasteiger charge is -2.27. The summed E-state index contributed by atoms with van der Waals surface area (Å²) in [6, 6.07) is 21.1. The van der Waals surface area contributed by atoms with Crippen molar-refractivity contribution in [1.29, 1.82) is 0 Å². The summed E-state index contributed by atoms with van der Waals surface area (Å²) >= 11 is 0. The monoisotopic (exact) mass is 723 g/mol. The van der Waals surface area contributed by atoms with Crippen molar-refractivity contribution in [3.8, 4) is 28.3 Å². The molecule has 52 heavy (non-hydrogen) atoms. The van der Waals surface area contributed by atoms with Crippen molar-refractivity contribution in [3.05, 3.63) is 84.2 Å². The highest BCUT2D eigenvalue weighted by molar-refractivity contribution is 5.96. The molecular formula is C38H41F4N5O5. The molecule has 3 aromatic carbocycles. The van der Waals surface area contributed by atoms with Crippen LogP contribution in [-0.4, -0.2) is 56.5 Å². The van der Waals surface area contributed by atoms with E-state index in [1.54, 1.807) is 5.10 Å². The molecule has 0 bridgehead atoms. The molecule has 5 rings (SSSR count). The molecule has 14 heteroatoms. The van der Waals surface area contributed by atoms with Gasteiger partial charge < -0.3 is 20.9 Å². The second-order valence-electron chi connectivity index (χ2n) is 13.4. The average molecular weight is 724 g/mol. The summed E-state index contributed by atoms with van der Waals surface area (Å²) in [5.41, 5.74) is 9.01.